The first-order valence-corrected chi connectivity index (χ1v) is 8.70. The highest BCUT2D eigenvalue weighted by Gasteiger charge is 2.98. The van der Waals surface area contributed by atoms with E-state index in [0.29, 0.717) is 0 Å². The van der Waals surface area contributed by atoms with Gasteiger partial charge in [0.25, 0.3) is 6.17 Å². The van der Waals surface area contributed by atoms with Gasteiger partial charge in [0.2, 0.25) is 0 Å². The molecule has 0 amide bonds. The molecule has 1 unspecified atom stereocenters. The van der Waals surface area contributed by atoms with Crippen molar-refractivity contribution in [2.24, 2.45) is 0 Å². The van der Waals surface area contributed by atoms with Gasteiger partial charge in [0.05, 0.1) is 0 Å². The molecule has 2 nitrogen and oxygen atoms in total. The highest BCUT2D eigenvalue weighted by molar-refractivity contribution is 5.81. The molecule has 0 aromatic carbocycles. The van der Waals surface area contributed by atoms with E-state index >= 15 is 0 Å². The first-order valence-electron chi connectivity index (χ1n) is 8.70. The molecule has 0 spiro atoms. The fraction of sp³-hybridized carbons (Fsp3) is 0.800. The quantitative estimate of drug-likeness (QED) is 0.120. The van der Waals surface area contributed by atoms with Crippen LogP contribution in [0.25, 0.3) is 0 Å². The average molecular weight is 672 g/mol. The second-order valence-corrected chi connectivity index (χ2v) is 7.27. The molecular weight excluding hydrogens is 668 g/mol. The summed E-state index contributed by atoms with van der Waals surface area (Å²) in [5, 5.41) is 0. The van der Waals surface area contributed by atoms with Gasteiger partial charge in [0.1, 0.15) is 0 Å². The van der Waals surface area contributed by atoms with Crippen molar-refractivity contribution in [1.29, 1.82) is 0 Å². The zero-order valence-corrected chi connectivity index (χ0v) is 17.7. The van der Waals surface area contributed by atoms with Crippen LogP contribution in [0, 0.1) is 0 Å². The lowest BCUT2D eigenvalue weighted by atomic mass is 9.85. The van der Waals surface area contributed by atoms with Gasteiger partial charge in [-0.25, -0.2) is 9.18 Å². The molecule has 0 saturated carbocycles. The van der Waals surface area contributed by atoms with Gasteiger partial charge < -0.3 is 4.74 Å². The molecule has 0 saturated heterocycles. The SMILES string of the molecule is C=CC(=O)OC(F)(F)C(F)C(F)(F)C(F)(F)C(F)(F)C(F)(F)C(F)(F)C(F)(F)C(F)(F)C(F)(F)C(F)(F)C(F)(F)F. The van der Waals surface area contributed by atoms with Gasteiger partial charge in [-0.05, 0) is 0 Å². The molecule has 41 heavy (non-hydrogen) atoms. The maximum Gasteiger partial charge on any atom is 0.460 e. The fourth-order valence-electron chi connectivity index (χ4n) is 2.17. The van der Waals surface area contributed by atoms with Crippen LogP contribution < -0.4 is 0 Å². The zero-order chi connectivity index (χ0) is 34.1. The summed E-state index contributed by atoms with van der Waals surface area (Å²) in [7, 11) is 0. The molecule has 26 heteroatoms. The standard InChI is InChI=1S/C15H4F24O2/c1-2-3(40)41-6(19,20)4(16)5(17,18)7(21,22)8(23,24)9(25,26)10(27,28)11(29,30)12(31,32)13(33,34)14(35,36)15(37,38)39/h2,4H,1H2. The van der Waals surface area contributed by atoms with Crippen LogP contribution in [0.2, 0.25) is 0 Å². The van der Waals surface area contributed by atoms with E-state index in [9.17, 15) is 110 Å². The molecule has 0 fully saturated rings. The van der Waals surface area contributed by atoms with E-state index in [2.05, 4.69) is 11.3 Å². The third-order valence-electron chi connectivity index (χ3n) is 4.55. The minimum atomic E-state index is -9.53. The molecule has 0 heterocycles. The van der Waals surface area contributed by atoms with Gasteiger partial charge in [-0.2, -0.15) is 101 Å². The number of esters is 1. The average Bonchev–Trinajstić information content (AvgIpc) is 2.75. The molecule has 0 aliphatic heterocycles. The highest BCUT2D eigenvalue weighted by Crippen LogP contribution is 2.66. The third kappa shape index (κ3) is 4.98. The summed E-state index contributed by atoms with van der Waals surface area (Å²) >= 11 is 0. The lowest BCUT2D eigenvalue weighted by Gasteiger charge is -2.44. The summed E-state index contributed by atoms with van der Waals surface area (Å²) in [6.07, 6.45) is -22.1. The molecule has 0 aliphatic rings. The molecule has 0 aromatic heterocycles. The second-order valence-electron chi connectivity index (χ2n) is 7.27. The number of alkyl halides is 24. The number of carbonyl (C=O) groups is 1. The Balaban J connectivity index is 7.17. The fourth-order valence-corrected chi connectivity index (χ4v) is 2.17. The Morgan fingerprint density at radius 2 is 0.732 bits per heavy atom. The van der Waals surface area contributed by atoms with Crippen LogP contribution in [0.4, 0.5) is 105 Å². The Labute approximate surface area is 206 Å². The van der Waals surface area contributed by atoms with Gasteiger partial charge in [0, 0.05) is 6.08 Å². The van der Waals surface area contributed by atoms with E-state index in [1.165, 1.54) is 0 Å². The topological polar surface area (TPSA) is 26.3 Å². The first-order chi connectivity index (χ1) is 17.4. The smallest absolute Gasteiger partial charge is 0.395 e. The Morgan fingerprint density at radius 3 is 0.976 bits per heavy atom. The van der Waals surface area contributed by atoms with Gasteiger partial charge in [-0.1, -0.05) is 6.58 Å². The molecule has 244 valence electrons. The monoisotopic (exact) mass is 672 g/mol. The molecule has 1 atom stereocenters. The maximum atomic E-state index is 13.6. The van der Waals surface area contributed by atoms with Crippen molar-refractivity contribution in [3.8, 4) is 0 Å². The maximum absolute atomic E-state index is 13.6. The van der Waals surface area contributed by atoms with Crippen LogP contribution in [0.3, 0.4) is 0 Å². The lowest BCUT2D eigenvalue weighted by Crippen LogP contribution is -2.77. The summed E-state index contributed by atoms with van der Waals surface area (Å²) in [6.45, 7) is 2.24. The van der Waals surface area contributed by atoms with E-state index in [-0.39, 0.29) is 0 Å². The number of hydrogen-bond donors (Lipinski definition) is 0. The Morgan fingerprint density at radius 1 is 0.488 bits per heavy atom. The molecule has 0 bridgehead atoms. The molecular formula is C15H4F24O2. The molecule has 0 N–H and O–H groups in total. The summed E-state index contributed by atoms with van der Waals surface area (Å²) in [6, 6.07) is 0. The largest absolute Gasteiger partial charge is 0.460 e. The van der Waals surface area contributed by atoms with E-state index < -0.39 is 83.8 Å². The number of carbonyl (C=O) groups excluding carboxylic acids is 1. The van der Waals surface area contributed by atoms with Crippen molar-refractivity contribution in [3.63, 3.8) is 0 Å². The Bertz CT molecular complexity index is 990. The number of hydrogen-bond acceptors (Lipinski definition) is 2. The van der Waals surface area contributed by atoms with Crippen molar-refractivity contribution >= 4 is 5.97 Å². The van der Waals surface area contributed by atoms with Crippen LogP contribution >= 0.6 is 0 Å². The predicted molar refractivity (Wildman–Crippen MR) is 76.7 cm³/mol. The third-order valence-corrected chi connectivity index (χ3v) is 4.55. The van der Waals surface area contributed by atoms with Crippen molar-refractivity contribution in [2.75, 3.05) is 0 Å². The molecule has 0 aromatic rings. The molecule has 0 rings (SSSR count). The summed E-state index contributed by atoms with van der Waals surface area (Å²) in [4.78, 5) is 10.5. The number of rotatable bonds is 12. The van der Waals surface area contributed by atoms with E-state index in [1.54, 1.807) is 0 Å². The van der Waals surface area contributed by atoms with E-state index in [4.69, 9.17) is 0 Å². The van der Waals surface area contributed by atoms with Gasteiger partial charge >= 0.3 is 71.6 Å². The van der Waals surface area contributed by atoms with Crippen LogP contribution in [0.15, 0.2) is 12.7 Å². The Hall–Kier alpha value is -2.47. The normalized spacial score (nSPS) is 16.9. The predicted octanol–water partition coefficient (Wildman–Crippen LogP) is 7.93. The van der Waals surface area contributed by atoms with Crippen LogP contribution in [0.5, 0.6) is 0 Å². The summed E-state index contributed by atoms with van der Waals surface area (Å²) in [5.74, 6) is -84.9. The van der Waals surface area contributed by atoms with Crippen molar-refractivity contribution in [2.45, 2.75) is 71.8 Å². The molecule has 0 radical (unpaired) electrons. The van der Waals surface area contributed by atoms with Crippen molar-refractivity contribution in [1.82, 2.24) is 0 Å². The van der Waals surface area contributed by atoms with Gasteiger partial charge in [0.15, 0.2) is 0 Å². The van der Waals surface area contributed by atoms with Crippen LogP contribution in [-0.4, -0.2) is 77.7 Å². The minimum absolute atomic E-state index is 0.513. The van der Waals surface area contributed by atoms with Gasteiger partial charge in [-0.3, -0.25) is 0 Å². The van der Waals surface area contributed by atoms with E-state index in [1.807, 2.05) is 0 Å². The zero-order valence-electron chi connectivity index (χ0n) is 17.7. The van der Waals surface area contributed by atoms with Crippen molar-refractivity contribution in [3.05, 3.63) is 12.7 Å². The first kappa shape index (κ1) is 38.5. The summed E-state index contributed by atoms with van der Waals surface area (Å²) < 4.78 is 318. The second kappa shape index (κ2) is 9.79. The van der Waals surface area contributed by atoms with Crippen molar-refractivity contribution < 1.29 is 115 Å². The summed E-state index contributed by atoms with van der Waals surface area (Å²) in [5.41, 5.74) is 0. The number of ether oxygens (including phenoxy) is 1. The van der Waals surface area contributed by atoms with E-state index in [0.717, 1.165) is 0 Å². The lowest BCUT2D eigenvalue weighted by molar-refractivity contribution is -0.477. The van der Waals surface area contributed by atoms with Gasteiger partial charge in [-0.15, -0.1) is 0 Å². The minimum Gasteiger partial charge on any atom is -0.395 e. The highest BCUT2D eigenvalue weighted by atomic mass is 19.4. The van der Waals surface area contributed by atoms with Crippen LogP contribution in [-0.2, 0) is 9.53 Å². The van der Waals surface area contributed by atoms with Crippen LogP contribution in [0.1, 0.15) is 0 Å². The number of halogens is 24. The molecule has 0 aliphatic carbocycles. The Kier molecular flexibility index (Phi) is 9.20.